The van der Waals surface area contributed by atoms with Crippen LogP contribution in [0.1, 0.15) is 62.9 Å². The zero-order chi connectivity index (χ0) is 24.1. The summed E-state index contributed by atoms with van der Waals surface area (Å²) in [6.45, 7) is 3.22. The van der Waals surface area contributed by atoms with Crippen molar-refractivity contribution < 1.29 is 18.0 Å². The molecule has 0 bridgehead atoms. The number of anilines is 1. The first kappa shape index (κ1) is 24.0. The summed E-state index contributed by atoms with van der Waals surface area (Å²) in [4.78, 5) is 15.0. The number of carbonyl (C=O) groups is 1. The molecule has 34 heavy (non-hydrogen) atoms. The van der Waals surface area contributed by atoms with Crippen LogP contribution in [0.4, 0.5) is 19.0 Å². The van der Waals surface area contributed by atoms with Crippen molar-refractivity contribution in [1.29, 1.82) is 0 Å². The molecule has 1 aliphatic heterocycles. The molecule has 0 radical (unpaired) electrons. The SMILES string of the molecule is CCCCCC(NC(=O)C1CCN(c2ccc3nnc(C(F)(F)F)n3n2)CC1)c1ccccc1. The number of carbonyl (C=O) groups excluding carboxylic acids is 1. The Balaban J connectivity index is 1.39. The normalized spacial score (nSPS) is 16.1. The minimum Gasteiger partial charge on any atom is -0.355 e. The van der Waals surface area contributed by atoms with Crippen LogP contribution in [0.3, 0.4) is 0 Å². The molecule has 3 heterocycles. The van der Waals surface area contributed by atoms with E-state index in [9.17, 15) is 18.0 Å². The molecule has 4 rings (SSSR count). The van der Waals surface area contributed by atoms with Crippen molar-refractivity contribution in [1.82, 2.24) is 25.1 Å². The summed E-state index contributed by atoms with van der Waals surface area (Å²) < 4.78 is 40.2. The Morgan fingerprint density at radius 2 is 1.82 bits per heavy atom. The summed E-state index contributed by atoms with van der Waals surface area (Å²) in [5, 5.41) is 14.1. The lowest BCUT2D eigenvalue weighted by atomic mass is 9.94. The minimum absolute atomic E-state index is 0.0168. The lowest BCUT2D eigenvalue weighted by Crippen LogP contribution is -2.42. The molecule has 0 aliphatic carbocycles. The van der Waals surface area contributed by atoms with E-state index in [1.807, 2.05) is 35.2 Å². The van der Waals surface area contributed by atoms with Gasteiger partial charge in [-0.05, 0) is 37.0 Å². The van der Waals surface area contributed by atoms with Crippen LogP contribution in [0, 0.1) is 5.92 Å². The van der Waals surface area contributed by atoms with E-state index in [-0.39, 0.29) is 23.5 Å². The van der Waals surface area contributed by atoms with Gasteiger partial charge in [-0.2, -0.15) is 17.7 Å². The van der Waals surface area contributed by atoms with Gasteiger partial charge in [-0.1, -0.05) is 56.5 Å². The number of benzene rings is 1. The van der Waals surface area contributed by atoms with Crippen LogP contribution in [0.2, 0.25) is 0 Å². The summed E-state index contributed by atoms with van der Waals surface area (Å²) in [6.07, 6.45) is 0.763. The van der Waals surface area contributed by atoms with Crippen LogP contribution in [-0.2, 0) is 11.0 Å². The monoisotopic (exact) mass is 474 g/mol. The predicted octanol–water partition coefficient (Wildman–Crippen LogP) is 4.80. The summed E-state index contributed by atoms with van der Waals surface area (Å²) >= 11 is 0. The van der Waals surface area contributed by atoms with Crippen LogP contribution in [-0.4, -0.2) is 38.8 Å². The maximum absolute atomic E-state index is 13.2. The fourth-order valence-electron chi connectivity index (χ4n) is 4.39. The van der Waals surface area contributed by atoms with Gasteiger partial charge in [0.15, 0.2) is 5.65 Å². The van der Waals surface area contributed by atoms with E-state index < -0.39 is 12.0 Å². The average Bonchev–Trinajstić information content (AvgIpc) is 3.28. The second kappa shape index (κ2) is 10.4. The second-order valence-electron chi connectivity index (χ2n) is 8.71. The number of piperidine rings is 1. The van der Waals surface area contributed by atoms with Gasteiger partial charge in [-0.3, -0.25) is 4.79 Å². The highest BCUT2D eigenvalue weighted by molar-refractivity contribution is 5.79. The fraction of sp³-hybridized carbons (Fsp3) is 0.500. The molecule has 1 N–H and O–H groups in total. The highest BCUT2D eigenvalue weighted by Crippen LogP contribution is 2.29. The minimum atomic E-state index is -4.64. The summed E-state index contributed by atoms with van der Waals surface area (Å²) in [5.41, 5.74) is 1.15. The van der Waals surface area contributed by atoms with Crippen molar-refractivity contribution in [3.05, 3.63) is 53.9 Å². The van der Waals surface area contributed by atoms with Gasteiger partial charge in [0.05, 0.1) is 6.04 Å². The molecule has 1 aromatic carbocycles. The summed E-state index contributed by atoms with van der Waals surface area (Å²) in [5.74, 6) is -0.836. The number of aromatic nitrogens is 4. The smallest absolute Gasteiger partial charge is 0.355 e. The molecular formula is C24H29F3N6O. The Morgan fingerprint density at radius 3 is 2.50 bits per heavy atom. The Kier molecular flexibility index (Phi) is 7.33. The van der Waals surface area contributed by atoms with Gasteiger partial charge < -0.3 is 10.2 Å². The lowest BCUT2D eigenvalue weighted by molar-refractivity contribution is -0.146. The van der Waals surface area contributed by atoms with E-state index >= 15 is 0 Å². The summed E-state index contributed by atoms with van der Waals surface area (Å²) in [6, 6.07) is 13.1. The van der Waals surface area contributed by atoms with E-state index in [1.54, 1.807) is 6.07 Å². The highest BCUT2D eigenvalue weighted by Gasteiger charge is 2.38. The molecule has 7 nitrogen and oxygen atoms in total. The van der Waals surface area contributed by atoms with E-state index in [0.717, 1.165) is 35.8 Å². The molecule has 0 spiro atoms. The molecule has 1 unspecified atom stereocenters. The number of hydrogen-bond acceptors (Lipinski definition) is 5. The fourth-order valence-corrected chi connectivity index (χ4v) is 4.39. The third-order valence-electron chi connectivity index (χ3n) is 6.31. The van der Waals surface area contributed by atoms with E-state index in [0.29, 0.717) is 31.7 Å². The topological polar surface area (TPSA) is 75.4 Å². The maximum Gasteiger partial charge on any atom is 0.453 e. The number of rotatable bonds is 8. The number of hydrogen-bond donors (Lipinski definition) is 1. The van der Waals surface area contributed by atoms with Crippen LogP contribution >= 0.6 is 0 Å². The van der Waals surface area contributed by atoms with Crippen LogP contribution in [0.25, 0.3) is 5.65 Å². The number of unbranched alkanes of at least 4 members (excludes halogenated alkanes) is 2. The zero-order valence-corrected chi connectivity index (χ0v) is 19.1. The van der Waals surface area contributed by atoms with Crippen molar-refractivity contribution in [3.8, 4) is 0 Å². The number of amides is 1. The van der Waals surface area contributed by atoms with E-state index in [4.69, 9.17) is 0 Å². The molecule has 1 fully saturated rings. The van der Waals surface area contributed by atoms with E-state index in [1.165, 1.54) is 6.07 Å². The molecular weight excluding hydrogens is 445 g/mol. The molecule has 0 saturated carbocycles. The number of halogens is 3. The van der Waals surface area contributed by atoms with Crippen molar-refractivity contribution in [3.63, 3.8) is 0 Å². The number of nitrogens with zero attached hydrogens (tertiary/aromatic N) is 5. The zero-order valence-electron chi connectivity index (χ0n) is 19.1. The number of nitrogens with one attached hydrogen (secondary N) is 1. The van der Waals surface area contributed by atoms with Crippen molar-refractivity contribution >= 4 is 17.4 Å². The van der Waals surface area contributed by atoms with Crippen LogP contribution in [0.5, 0.6) is 0 Å². The molecule has 1 aliphatic rings. The van der Waals surface area contributed by atoms with Crippen molar-refractivity contribution in [2.24, 2.45) is 5.92 Å². The Hall–Kier alpha value is -3.17. The van der Waals surface area contributed by atoms with Crippen molar-refractivity contribution in [2.75, 3.05) is 18.0 Å². The van der Waals surface area contributed by atoms with Gasteiger partial charge in [0.2, 0.25) is 5.91 Å². The molecule has 1 amide bonds. The third kappa shape index (κ3) is 5.48. The molecule has 1 atom stereocenters. The first-order valence-electron chi connectivity index (χ1n) is 11.8. The highest BCUT2D eigenvalue weighted by atomic mass is 19.4. The Bertz CT molecular complexity index is 1090. The first-order valence-corrected chi connectivity index (χ1v) is 11.8. The standard InChI is InChI=1S/C24H29F3N6O/c1-2-3-5-10-19(17-8-6-4-7-9-17)28-22(34)18-13-15-32(16-14-18)21-12-11-20-29-30-23(24(25,26)27)33(20)31-21/h4,6-9,11-12,18-19H,2-3,5,10,13-16H2,1H3,(H,28,34). The first-order chi connectivity index (χ1) is 16.4. The molecule has 3 aromatic rings. The Morgan fingerprint density at radius 1 is 1.09 bits per heavy atom. The number of fused-ring (bicyclic) bond motifs is 1. The van der Waals surface area contributed by atoms with Crippen LogP contribution < -0.4 is 10.2 Å². The number of alkyl halides is 3. The van der Waals surface area contributed by atoms with Gasteiger partial charge in [0, 0.05) is 19.0 Å². The Labute approximate surface area is 196 Å². The molecule has 2 aromatic heterocycles. The lowest BCUT2D eigenvalue weighted by Gasteiger charge is -2.33. The summed E-state index contributed by atoms with van der Waals surface area (Å²) in [7, 11) is 0. The average molecular weight is 475 g/mol. The quantitative estimate of drug-likeness (QED) is 0.475. The van der Waals surface area contributed by atoms with E-state index in [2.05, 4.69) is 27.5 Å². The van der Waals surface area contributed by atoms with Crippen LogP contribution in [0.15, 0.2) is 42.5 Å². The molecule has 1 saturated heterocycles. The van der Waals surface area contributed by atoms with Gasteiger partial charge in [0.1, 0.15) is 5.82 Å². The van der Waals surface area contributed by atoms with Crippen molar-refractivity contribution in [2.45, 2.75) is 57.7 Å². The molecule has 10 heteroatoms. The molecule has 182 valence electrons. The third-order valence-corrected chi connectivity index (χ3v) is 6.31. The van der Waals surface area contributed by atoms with Gasteiger partial charge in [0.25, 0.3) is 5.82 Å². The second-order valence-corrected chi connectivity index (χ2v) is 8.71. The predicted molar refractivity (Wildman–Crippen MR) is 122 cm³/mol. The van der Waals surface area contributed by atoms with Gasteiger partial charge in [-0.25, -0.2) is 0 Å². The van der Waals surface area contributed by atoms with Gasteiger partial charge >= 0.3 is 6.18 Å². The largest absolute Gasteiger partial charge is 0.453 e. The maximum atomic E-state index is 13.2. The van der Waals surface area contributed by atoms with Gasteiger partial charge in [-0.15, -0.1) is 15.3 Å².